The summed E-state index contributed by atoms with van der Waals surface area (Å²) in [5.74, 6) is 0.119. The topological polar surface area (TPSA) is 43.1 Å². The van der Waals surface area contributed by atoms with Crippen LogP contribution in [-0.2, 0) is 11.2 Å². The normalized spacial score (nSPS) is 15.3. The van der Waals surface area contributed by atoms with Gasteiger partial charge in [0.2, 0.25) is 0 Å². The Labute approximate surface area is 82.8 Å². The summed E-state index contributed by atoms with van der Waals surface area (Å²) in [6.45, 7) is 3.73. The largest absolute Gasteiger partial charge is 0.319 e. The lowest BCUT2D eigenvalue weighted by Gasteiger charge is -2.20. The zero-order valence-corrected chi connectivity index (χ0v) is 8.86. The molecule has 1 aromatic rings. The maximum Gasteiger partial charge on any atom is 0.156 e. The Kier molecular flexibility index (Phi) is 3.22. The van der Waals surface area contributed by atoms with E-state index in [1.54, 1.807) is 18.3 Å². The van der Waals surface area contributed by atoms with Crippen molar-refractivity contribution in [2.45, 2.75) is 32.2 Å². The third kappa shape index (κ3) is 2.64. The maximum atomic E-state index is 11.6. The molecule has 2 N–H and O–H groups in total. The van der Waals surface area contributed by atoms with Gasteiger partial charge in [-0.1, -0.05) is 6.92 Å². The first kappa shape index (κ1) is 10.4. The van der Waals surface area contributed by atoms with Gasteiger partial charge in [0.25, 0.3) is 0 Å². The number of hydrogen-bond acceptors (Lipinski definition) is 3. The van der Waals surface area contributed by atoms with E-state index >= 15 is 0 Å². The molecule has 3 heteroatoms. The molecule has 1 atom stereocenters. The summed E-state index contributed by atoms with van der Waals surface area (Å²) in [4.78, 5) is 11.6. The molecule has 0 radical (unpaired) electrons. The minimum absolute atomic E-state index is 0.119. The van der Waals surface area contributed by atoms with Gasteiger partial charge in [-0.15, -0.1) is 0 Å². The van der Waals surface area contributed by atoms with E-state index in [1.807, 2.05) is 23.8 Å². The summed E-state index contributed by atoms with van der Waals surface area (Å²) in [6, 6.07) is 1.97. The van der Waals surface area contributed by atoms with Gasteiger partial charge in [-0.25, -0.2) is 0 Å². The van der Waals surface area contributed by atoms with E-state index in [1.165, 1.54) is 0 Å². The average molecular weight is 197 g/mol. The molecule has 1 heterocycles. The molecule has 1 rings (SSSR count). The molecule has 0 saturated carbocycles. The standard InChI is InChI=1S/C10H15NOS/c1-3-10(2,11)9(12)6-8-4-5-13-7-8/h4-5,7H,3,6,11H2,1-2H3. The van der Waals surface area contributed by atoms with E-state index < -0.39 is 5.54 Å². The Morgan fingerprint density at radius 3 is 2.85 bits per heavy atom. The van der Waals surface area contributed by atoms with Gasteiger partial charge in [-0.05, 0) is 35.7 Å². The first-order valence-electron chi connectivity index (χ1n) is 4.39. The highest BCUT2D eigenvalue weighted by Crippen LogP contribution is 2.13. The van der Waals surface area contributed by atoms with Crippen LogP contribution < -0.4 is 5.73 Å². The second-order valence-corrected chi connectivity index (χ2v) is 4.28. The molecule has 0 aliphatic rings. The number of hydrogen-bond donors (Lipinski definition) is 1. The predicted octanol–water partition coefficient (Wildman–Crippen LogP) is 1.99. The highest BCUT2D eigenvalue weighted by Gasteiger charge is 2.25. The van der Waals surface area contributed by atoms with Gasteiger partial charge >= 0.3 is 0 Å². The van der Waals surface area contributed by atoms with Crippen LogP contribution in [0.15, 0.2) is 16.8 Å². The summed E-state index contributed by atoms with van der Waals surface area (Å²) in [5, 5.41) is 3.96. The minimum Gasteiger partial charge on any atom is -0.319 e. The van der Waals surface area contributed by atoms with Crippen molar-refractivity contribution in [3.05, 3.63) is 22.4 Å². The van der Waals surface area contributed by atoms with Crippen LogP contribution in [0, 0.1) is 0 Å². The molecule has 0 aliphatic carbocycles. The van der Waals surface area contributed by atoms with Crippen molar-refractivity contribution in [2.75, 3.05) is 0 Å². The molecule has 0 aromatic carbocycles. The van der Waals surface area contributed by atoms with Crippen LogP contribution >= 0.6 is 11.3 Å². The fourth-order valence-corrected chi connectivity index (χ4v) is 1.65. The van der Waals surface area contributed by atoms with Crippen molar-refractivity contribution >= 4 is 17.1 Å². The van der Waals surface area contributed by atoms with E-state index in [9.17, 15) is 4.79 Å². The number of nitrogens with two attached hydrogens (primary N) is 1. The zero-order chi connectivity index (χ0) is 9.90. The highest BCUT2D eigenvalue weighted by atomic mass is 32.1. The van der Waals surface area contributed by atoms with E-state index in [4.69, 9.17) is 5.73 Å². The second-order valence-electron chi connectivity index (χ2n) is 3.50. The Morgan fingerprint density at radius 2 is 2.38 bits per heavy atom. The fraction of sp³-hybridized carbons (Fsp3) is 0.500. The quantitative estimate of drug-likeness (QED) is 0.802. The Hall–Kier alpha value is -0.670. The van der Waals surface area contributed by atoms with Crippen LogP contribution in [0.1, 0.15) is 25.8 Å². The van der Waals surface area contributed by atoms with Crippen LogP contribution in [0.2, 0.25) is 0 Å². The van der Waals surface area contributed by atoms with Gasteiger partial charge in [0.05, 0.1) is 5.54 Å². The Morgan fingerprint density at radius 1 is 1.69 bits per heavy atom. The number of rotatable bonds is 4. The van der Waals surface area contributed by atoms with Gasteiger partial charge < -0.3 is 5.73 Å². The molecule has 1 unspecified atom stereocenters. The highest BCUT2D eigenvalue weighted by molar-refractivity contribution is 7.07. The van der Waals surface area contributed by atoms with Crippen molar-refractivity contribution in [2.24, 2.45) is 5.73 Å². The molecular weight excluding hydrogens is 182 g/mol. The van der Waals surface area contributed by atoms with Crippen molar-refractivity contribution < 1.29 is 4.79 Å². The Balaban J connectivity index is 2.61. The molecule has 2 nitrogen and oxygen atoms in total. The summed E-state index contributed by atoms with van der Waals surface area (Å²) in [7, 11) is 0. The molecule has 0 amide bonds. The molecule has 13 heavy (non-hydrogen) atoms. The van der Waals surface area contributed by atoms with Crippen LogP contribution in [0.3, 0.4) is 0 Å². The number of Topliss-reactive ketones (excluding diaryl/α,β-unsaturated/α-hetero) is 1. The van der Waals surface area contributed by atoms with Crippen LogP contribution in [0.5, 0.6) is 0 Å². The third-order valence-corrected chi connectivity index (χ3v) is 3.05. The smallest absolute Gasteiger partial charge is 0.156 e. The predicted molar refractivity (Wildman–Crippen MR) is 55.9 cm³/mol. The van der Waals surface area contributed by atoms with Gasteiger partial charge in [-0.3, -0.25) is 4.79 Å². The van der Waals surface area contributed by atoms with Gasteiger partial charge in [-0.2, -0.15) is 11.3 Å². The van der Waals surface area contributed by atoms with Gasteiger partial charge in [0.15, 0.2) is 5.78 Å². The molecule has 0 aliphatic heterocycles. The van der Waals surface area contributed by atoms with Gasteiger partial charge in [0, 0.05) is 6.42 Å². The van der Waals surface area contributed by atoms with Gasteiger partial charge in [0.1, 0.15) is 0 Å². The monoisotopic (exact) mass is 197 g/mol. The van der Waals surface area contributed by atoms with E-state index in [2.05, 4.69) is 0 Å². The van der Waals surface area contributed by atoms with E-state index in [0.717, 1.165) is 5.56 Å². The van der Waals surface area contributed by atoms with Crippen LogP contribution in [0.4, 0.5) is 0 Å². The average Bonchev–Trinajstić information content (AvgIpc) is 2.57. The summed E-state index contributed by atoms with van der Waals surface area (Å²) in [5.41, 5.74) is 6.23. The lowest BCUT2D eigenvalue weighted by atomic mass is 9.91. The first-order valence-corrected chi connectivity index (χ1v) is 5.34. The number of carbonyl (C=O) groups is 1. The molecule has 72 valence electrons. The van der Waals surface area contributed by atoms with E-state index in [0.29, 0.717) is 12.8 Å². The summed E-state index contributed by atoms with van der Waals surface area (Å²) in [6.07, 6.45) is 1.15. The first-order chi connectivity index (χ1) is 6.06. The molecule has 0 fully saturated rings. The van der Waals surface area contributed by atoms with Crippen molar-refractivity contribution in [3.63, 3.8) is 0 Å². The second kappa shape index (κ2) is 4.03. The number of thiophene rings is 1. The van der Waals surface area contributed by atoms with Crippen molar-refractivity contribution in [1.29, 1.82) is 0 Å². The third-order valence-electron chi connectivity index (χ3n) is 2.32. The summed E-state index contributed by atoms with van der Waals surface area (Å²) < 4.78 is 0. The fourth-order valence-electron chi connectivity index (χ4n) is 0.978. The zero-order valence-electron chi connectivity index (χ0n) is 8.04. The molecule has 1 aromatic heterocycles. The van der Waals surface area contributed by atoms with Crippen LogP contribution in [-0.4, -0.2) is 11.3 Å². The number of carbonyl (C=O) groups excluding carboxylic acids is 1. The molecule has 0 saturated heterocycles. The maximum absolute atomic E-state index is 11.6. The Bertz CT molecular complexity index is 277. The molecule has 0 bridgehead atoms. The summed E-state index contributed by atoms with van der Waals surface area (Å²) >= 11 is 1.61. The number of ketones is 1. The van der Waals surface area contributed by atoms with Crippen LogP contribution in [0.25, 0.3) is 0 Å². The lowest BCUT2D eigenvalue weighted by molar-refractivity contribution is -0.123. The lowest BCUT2D eigenvalue weighted by Crippen LogP contribution is -2.45. The van der Waals surface area contributed by atoms with E-state index in [-0.39, 0.29) is 5.78 Å². The molecular formula is C10H15NOS. The molecule has 0 spiro atoms. The minimum atomic E-state index is -0.665. The SMILES string of the molecule is CCC(C)(N)C(=O)Cc1ccsc1. The van der Waals surface area contributed by atoms with Crippen molar-refractivity contribution in [3.8, 4) is 0 Å². The van der Waals surface area contributed by atoms with Crippen molar-refractivity contribution in [1.82, 2.24) is 0 Å².